The van der Waals surface area contributed by atoms with E-state index in [1.807, 2.05) is 62.4 Å². The Balaban J connectivity index is 1.59. The average Bonchev–Trinajstić information content (AvgIpc) is 3.41. The van der Waals surface area contributed by atoms with Gasteiger partial charge in [0.1, 0.15) is 18.0 Å². The predicted octanol–water partition coefficient (Wildman–Crippen LogP) is 3.13. The molecule has 4 rings (SSSR count). The number of hydrogen-bond donors (Lipinski definition) is 1. The average molecular weight is 538 g/mol. The monoisotopic (exact) mass is 537 g/mol. The van der Waals surface area contributed by atoms with E-state index >= 15 is 0 Å². The molecular weight excluding hydrogens is 498 g/mol. The second-order valence-electron chi connectivity index (χ2n) is 9.96. The van der Waals surface area contributed by atoms with Crippen molar-refractivity contribution in [2.24, 2.45) is 5.10 Å². The molecule has 1 unspecified atom stereocenters. The van der Waals surface area contributed by atoms with Gasteiger partial charge in [-0.3, -0.25) is 9.69 Å². The molecule has 2 heterocycles. The number of rotatable bonds is 10. The van der Waals surface area contributed by atoms with Gasteiger partial charge < -0.3 is 24.4 Å². The van der Waals surface area contributed by atoms with Gasteiger partial charge in [-0.05, 0) is 49.7 Å². The van der Waals surface area contributed by atoms with Gasteiger partial charge in [0.15, 0.2) is 0 Å². The SMILES string of the molecule is COc1ccc(C2=NN(C(=O)CN(CCN3CCOCC3)C(=O)NC(C)C)C(c3ccccc3OC)C2)cc1. The molecule has 0 saturated carbocycles. The third-order valence-electron chi connectivity index (χ3n) is 6.90. The number of carbonyl (C=O) groups excluding carboxylic acids is 2. The number of hydrazone groups is 1. The van der Waals surface area contributed by atoms with Crippen molar-refractivity contribution in [1.29, 1.82) is 0 Å². The summed E-state index contributed by atoms with van der Waals surface area (Å²) in [6, 6.07) is 14.6. The van der Waals surface area contributed by atoms with E-state index in [0.717, 1.165) is 35.7 Å². The Hall–Kier alpha value is -3.63. The third-order valence-corrected chi connectivity index (χ3v) is 6.90. The summed E-state index contributed by atoms with van der Waals surface area (Å²) in [5.74, 6) is 1.18. The minimum absolute atomic E-state index is 0.0497. The van der Waals surface area contributed by atoms with E-state index in [4.69, 9.17) is 19.3 Å². The molecule has 1 fully saturated rings. The zero-order chi connectivity index (χ0) is 27.8. The zero-order valence-electron chi connectivity index (χ0n) is 23.3. The number of ether oxygens (including phenoxy) is 3. The predicted molar refractivity (Wildman–Crippen MR) is 149 cm³/mol. The zero-order valence-corrected chi connectivity index (χ0v) is 23.3. The Kier molecular flexibility index (Phi) is 9.78. The number of morpholine rings is 1. The number of urea groups is 1. The highest BCUT2D eigenvalue weighted by Crippen LogP contribution is 2.37. The van der Waals surface area contributed by atoms with Gasteiger partial charge in [0.2, 0.25) is 0 Å². The van der Waals surface area contributed by atoms with Gasteiger partial charge in [-0.15, -0.1) is 0 Å². The highest BCUT2D eigenvalue weighted by atomic mass is 16.5. The molecule has 0 spiro atoms. The molecule has 2 aromatic carbocycles. The fourth-order valence-electron chi connectivity index (χ4n) is 4.80. The van der Waals surface area contributed by atoms with E-state index in [1.54, 1.807) is 19.1 Å². The van der Waals surface area contributed by atoms with E-state index < -0.39 is 0 Å². The van der Waals surface area contributed by atoms with Crippen molar-refractivity contribution in [3.05, 3.63) is 59.7 Å². The number of para-hydroxylation sites is 1. The highest BCUT2D eigenvalue weighted by Gasteiger charge is 2.36. The van der Waals surface area contributed by atoms with Gasteiger partial charge in [0.25, 0.3) is 5.91 Å². The van der Waals surface area contributed by atoms with Crippen LogP contribution in [-0.2, 0) is 9.53 Å². The summed E-state index contributed by atoms with van der Waals surface area (Å²) in [4.78, 5) is 30.8. The molecule has 1 N–H and O–H groups in total. The summed E-state index contributed by atoms with van der Waals surface area (Å²) >= 11 is 0. The lowest BCUT2D eigenvalue weighted by Crippen LogP contribution is -2.50. The number of amides is 3. The van der Waals surface area contributed by atoms with Crippen molar-refractivity contribution in [3.63, 3.8) is 0 Å². The summed E-state index contributed by atoms with van der Waals surface area (Å²) in [5.41, 5.74) is 2.56. The van der Waals surface area contributed by atoms with Crippen molar-refractivity contribution < 1.29 is 23.8 Å². The molecule has 10 heteroatoms. The second-order valence-corrected chi connectivity index (χ2v) is 9.96. The third kappa shape index (κ3) is 7.27. The van der Waals surface area contributed by atoms with E-state index in [0.29, 0.717) is 38.5 Å². The van der Waals surface area contributed by atoms with Crippen LogP contribution >= 0.6 is 0 Å². The van der Waals surface area contributed by atoms with Gasteiger partial charge in [0, 0.05) is 44.2 Å². The van der Waals surface area contributed by atoms with E-state index in [9.17, 15) is 9.59 Å². The molecule has 0 aliphatic carbocycles. The van der Waals surface area contributed by atoms with Crippen molar-refractivity contribution >= 4 is 17.6 Å². The fraction of sp³-hybridized carbons (Fsp3) is 0.483. The van der Waals surface area contributed by atoms with Crippen LogP contribution in [0.1, 0.15) is 37.4 Å². The quantitative estimate of drug-likeness (QED) is 0.500. The van der Waals surface area contributed by atoms with E-state index in [2.05, 4.69) is 10.2 Å². The summed E-state index contributed by atoms with van der Waals surface area (Å²) in [6.07, 6.45) is 0.518. The van der Waals surface area contributed by atoms with Gasteiger partial charge in [-0.25, -0.2) is 9.80 Å². The minimum atomic E-state index is -0.361. The van der Waals surface area contributed by atoms with Crippen LogP contribution in [-0.4, -0.2) is 98.7 Å². The molecule has 39 heavy (non-hydrogen) atoms. The van der Waals surface area contributed by atoms with Gasteiger partial charge >= 0.3 is 6.03 Å². The smallest absolute Gasteiger partial charge is 0.318 e. The molecule has 0 bridgehead atoms. The lowest BCUT2D eigenvalue weighted by molar-refractivity contribution is -0.133. The number of nitrogens with zero attached hydrogens (tertiary/aromatic N) is 4. The van der Waals surface area contributed by atoms with Crippen molar-refractivity contribution in [2.45, 2.75) is 32.4 Å². The Bertz CT molecular complexity index is 1150. The molecule has 1 atom stereocenters. The maximum atomic E-state index is 13.9. The molecule has 0 aromatic heterocycles. The lowest BCUT2D eigenvalue weighted by Gasteiger charge is -2.31. The van der Waals surface area contributed by atoms with Gasteiger partial charge in [-0.2, -0.15) is 5.10 Å². The first-order valence-corrected chi connectivity index (χ1v) is 13.4. The van der Waals surface area contributed by atoms with E-state index in [-0.39, 0.29) is 30.6 Å². The molecule has 2 aromatic rings. The van der Waals surface area contributed by atoms with Crippen LogP contribution in [0, 0.1) is 0 Å². The first-order chi connectivity index (χ1) is 18.9. The van der Waals surface area contributed by atoms with Crippen molar-refractivity contribution in [3.8, 4) is 11.5 Å². The maximum Gasteiger partial charge on any atom is 0.318 e. The number of benzene rings is 2. The first kappa shape index (κ1) is 28.4. The molecule has 2 aliphatic heterocycles. The molecular formula is C29H39N5O5. The van der Waals surface area contributed by atoms with Gasteiger partial charge in [-0.1, -0.05) is 18.2 Å². The fourth-order valence-corrected chi connectivity index (χ4v) is 4.80. The summed E-state index contributed by atoms with van der Waals surface area (Å²) < 4.78 is 16.4. The number of hydrogen-bond acceptors (Lipinski definition) is 7. The second kappa shape index (κ2) is 13.4. The van der Waals surface area contributed by atoms with Crippen LogP contribution in [0.5, 0.6) is 11.5 Å². The maximum absolute atomic E-state index is 13.9. The molecule has 2 aliphatic rings. The first-order valence-electron chi connectivity index (χ1n) is 13.4. The summed E-state index contributed by atoms with van der Waals surface area (Å²) in [6.45, 7) is 7.78. The van der Waals surface area contributed by atoms with Crippen LogP contribution < -0.4 is 14.8 Å². The van der Waals surface area contributed by atoms with Crippen molar-refractivity contribution in [1.82, 2.24) is 20.1 Å². The van der Waals surface area contributed by atoms with Crippen LogP contribution in [0.3, 0.4) is 0 Å². The van der Waals surface area contributed by atoms with Crippen LogP contribution in [0.4, 0.5) is 4.79 Å². The van der Waals surface area contributed by atoms with Crippen LogP contribution in [0.2, 0.25) is 0 Å². The molecule has 10 nitrogen and oxygen atoms in total. The summed E-state index contributed by atoms with van der Waals surface area (Å²) in [5, 5.41) is 9.24. The number of carbonyl (C=O) groups is 2. The molecule has 0 radical (unpaired) electrons. The Morgan fingerprint density at radius 1 is 1.08 bits per heavy atom. The highest BCUT2D eigenvalue weighted by molar-refractivity contribution is 6.03. The Morgan fingerprint density at radius 2 is 1.79 bits per heavy atom. The van der Waals surface area contributed by atoms with Crippen LogP contribution in [0.15, 0.2) is 53.6 Å². The molecule has 210 valence electrons. The standard InChI is InChI=1S/C29H39N5O5/c1-21(2)30-29(36)33(14-13-32-15-17-39-18-16-32)20-28(35)34-26(24-7-5-6-8-27(24)38-4)19-25(31-34)22-9-11-23(37-3)12-10-22/h5-12,21,26H,13-20H2,1-4H3,(H,30,36). The van der Waals surface area contributed by atoms with Gasteiger partial charge in [0.05, 0.1) is 39.2 Å². The Labute approximate surface area is 230 Å². The van der Waals surface area contributed by atoms with Crippen molar-refractivity contribution in [2.75, 3.05) is 60.2 Å². The molecule has 3 amide bonds. The minimum Gasteiger partial charge on any atom is -0.497 e. The molecule has 1 saturated heterocycles. The normalized spacial score (nSPS) is 17.6. The van der Waals surface area contributed by atoms with Crippen LogP contribution in [0.25, 0.3) is 0 Å². The van der Waals surface area contributed by atoms with E-state index in [1.165, 1.54) is 5.01 Å². The number of methoxy groups -OCH3 is 2. The lowest BCUT2D eigenvalue weighted by atomic mass is 9.97. The topological polar surface area (TPSA) is 95.9 Å². The Morgan fingerprint density at radius 3 is 2.46 bits per heavy atom. The summed E-state index contributed by atoms with van der Waals surface area (Å²) in [7, 11) is 3.25. The largest absolute Gasteiger partial charge is 0.497 e. The number of nitrogens with one attached hydrogen (secondary N) is 1.